The van der Waals surface area contributed by atoms with Gasteiger partial charge >= 0.3 is 0 Å². The molecule has 0 saturated heterocycles. The minimum Gasteiger partial charge on any atom is -0.295 e. The smallest absolute Gasteiger partial charge is 0.247 e. The molecule has 3 heterocycles. The molecule has 0 aliphatic rings. The zero-order chi connectivity index (χ0) is 19.9. The average molecular weight is 397 g/mol. The molecule has 0 spiro atoms. The molecule has 7 nitrogen and oxygen atoms in total. The molecule has 0 aliphatic heterocycles. The van der Waals surface area contributed by atoms with Gasteiger partial charge in [-0.1, -0.05) is 6.92 Å². The van der Waals surface area contributed by atoms with E-state index in [1.165, 1.54) is 18.3 Å². The van der Waals surface area contributed by atoms with Crippen molar-refractivity contribution in [1.29, 1.82) is 0 Å². The molecule has 0 radical (unpaired) electrons. The highest BCUT2D eigenvalue weighted by atomic mass is 32.2. The molecular weight excluding hydrogens is 381 g/mol. The summed E-state index contributed by atoms with van der Waals surface area (Å²) < 4.78 is 39.1. The first-order chi connectivity index (χ1) is 13.4. The SMILES string of the molecule is CCc1nccn2c(-c3ccnc(S(C)(=O)=O)n3)c(-c3ccc(F)cc3)nc12. The van der Waals surface area contributed by atoms with Crippen LogP contribution in [0.1, 0.15) is 12.6 Å². The molecule has 0 saturated carbocycles. The van der Waals surface area contributed by atoms with Gasteiger partial charge in [-0.15, -0.1) is 0 Å². The van der Waals surface area contributed by atoms with Gasteiger partial charge in [0.05, 0.1) is 22.8 Å². The Morgan fingerprint density at radius 3 is 2.46 bits per heavy atom. The van der Waals surface area contributed by atoms with Crippen LogP contribution in [0.2, 0.25) is 0 Å². The molecule has 1 aromatic carbocycles. The first kappa shape index (κ1) is 18.2. The molecule has 0 unspecified atom stereocenters. The molecule has 0 N–H and O–H groups in total. The van der Waals surface area contributed by atoms with Crippen LogP contribution in [0.15, 0.2) is 54.1 Å². The summed E-state index contributed by atoms with van der Waals surface area (Å²) in [5.74, 6) is -0.355. The predicted octanol–water partition coefficient (Wildman–Crippen LogP) is 2.96. The van der Waals surface area contributed by atoms with Crippen LogP contribution in [0.25, 0.3) is 28.3 Å². The summed E-state index contributed by atoms with van der Waals surface area (Å²) in [5.41, 5.74) is 3.65. The Labute approximate surface area is 160 Å². The van der Waals surface area contributed by atoms with Crippen LogP contribution in [0, 0.1) is 5.82 Å². The predicted molar refractivity (Wildman–Crippen MR) is 102 cm³/mol. The summed E-state index contributed by atoms with van der Waals surface area (Å²) in [6.07, 6.45) is 6.52. The van der Waals surface area contributed by atoms with Crippen molar-refractivity contribution >= 4 is 15.5 Å². The van der Waals surface area contributed by atoms with Gasteiger partial charge in [-0.2, -0.15) is 0 Å². The van der Waals surface area contributed by atoms with E-state index in [-0.39, 0.29) is 11.0 Å². The number of benzene rings is 1. The maximum atomic E-state index is 13.4. The Hall–Kier alpha value is -3.20. The van der Waals surface area contributed by atoms with Crippen LogP contribution in [0.5, 0.6) is 0 Å². The molecule has 9 heteroatoms. The van der Waals surface area contributed by atoms with E-state index in [1.807, 2.05) is 11.3 Å². The lowest BCUT2D eigenvalue weighted by Crippen LogP contribution is -2.05. The second-order valence-corrected chi connectivity index (χ2v) is 8.14. The van der Waals surface area contributed by atoms with Crippen molar-refractivity contribution in [1.82, 2.24) is 24.3 Å². The van der Waals surface area contributed by atoms with Gasteiger partial charge in [-0.3, -0.25) is 9.38 Å². The van der Waals surface area contributed by atoms with Gasteiger partial charge < -0.3 is 0 Å². The maximum absolute atomic E-state index is 13.4. The number of aryl methyl sites for hydroxylation is 1. The van der Waals surface area contributed by atoms with E-state index in [0.717, 1.165) is 11.9 Å². The number of fused-ring (bicyclic) bond motifs is 1. The van der Waals surface area contributed by atoms with Crippen molar-refractivity contribution in [2.75, 3.05) is 6.26 Å². The fourth-order valence-electron chi connectivity index (χ4n) is 2.98. The van der Waals surface area contributed by atoms with E-state index < -0.39 is 9.84 Å². The zero-order valence-electron chi connectivity index (χ0n) is 15.2. The molecule has 142 valence electrons. The normalized spacial score (nSPS) is 11.8. The van der Waals surface area contributed by atoms with Crippen molar-refractivity contribution in [3.8, 4) is 22.6 Å². The van der Waals surface area contributed by atoms with Crippen LogP contribution in [-0.2, 0) is 16.3 Å². The van der Waals surface area contributed by atoms with E-state index in [2.05, 4.69) is 15.0 Å². The van der Waals surface area contributed by atoms with Crippen LogP contribution in [0.4, 0.5) is 4.39 Å². The first-order valence-corrected chi connectivity index (χ1v) is 10.4. The fraction of sp³-hybridized carbons (Fsp3) is 0.158. The zero-order valence-corrected chi connectivity index (χ0v) is 16.0. The molecule has 4 aromatic rings. The average Bonchev–Trinajstić information content (AvgIpc) is 3.07. The number of nitrogens with zero attached hydrogens (tertiary/aromatic N) is 5. The number of imidazole rings is 1. The van der Waals surface area contributed by atoms with Crippen LogP contribution >= 0.6 is 0 Å². The second kappa shape index (κ2) is 6.75. The number of hydrogen-bond acceptors (Lipinski definition) is 6. The number of sulfone groups is 1. The maximum Gasteiger partial charge on any atom is 0.247 e. The summed E-state index contributed by atoms with van der Waals surface area (Å²) in [6.45, 7) is 1.97. The Bertz CT molecular complexity index is 1280. The lowest BCUT2D eigenvalue weighted by molar-refractivity contribution is 0.593. The van der Waals surface area contributed by atoms with E-state index >= 15 is 0 Å². The molecule has 0 fully saturated rings. The van der Waals surface area contributed by atoms with Crippen molar-refractivity contribution in [3.63, 3.8) is 0 Å². The van der Waals surface area contributed by atoms with Crippen molar-refractivity contribution < 1.29 is 12.8 Å². The third kappa shape index (κ3) is 3.13. The standard InChI is InChI=1S/C19H16FN5O2S/c1-3-14-18-24-16(12-4-6-13(20)7-5-12)17(25(18)11-10-21-14)15-8-9-22-19(23-15)28(2,26)27/h4-11H,3H2,1-2H3. The molecular formula is C19H16FN5O2S. The summed E-state index contributed by atoms with van der Waals surface area (Å²) in [5, 5.41) is -0.269. The monoisotopic (exact) mass is 397 g/mol. The van der Waals surface area contributed by atoms with Gasteiger partial charge in [0.15, 0.2) is 5.65 Å². The number of hydrogen-bond donors (Lipinski definition) is 0. The summed E-state index contributed by atoms with van der Waals surface area (Å²) in [7, 11) is -3.58. The summed E-state index contributed by atoms with van der Waals surface area (Å²) >= 11 is 0. The third-order valence-corrected chi connectivity index (χ3v) is 5.14. The van der Waals surface area contributed by atoms with Crippen molar-refractivity contribution in [2.45, 2.75) is 18.5 Å². The number of aromatic nitrogens is 5. The molecule has 3 aromatic heterocycles. The van der Waals surface area contributed by atoms with Gasteiger partial charge in [0.1, 0.15) is 5.82 Å². The lowest BCUT2D eigenvalue weighted by atomic mass is 10.1. The van der Waals surface area contributed by atoms with E-state index in [9.17, 15) is 12.8 Å². The molecule has 0 bridgehead atoms. The number of rotatable bonds is 4. The van der Waals surface area contributed by atoms with E-state index in [1.54, 1.807) is 30.6 Å². The van der Waals surface area contributed by atoms with E-state index in [0.29, 0.717) is 34.7 Å². The van der Waals surface area contributed by atoms with Crippen molar-refractivity contribution in [2.24, 2.45) is 0 Å². The molecule has 4 rings (SSSR count). The quantitative estimate of drug-likeness (QED) is 0.492. The molecule has 28 heavy (non-hydrogen) atoms. The highest BCUT2D eigenvalue weighted by molar-refractivity contribution is 7.90. The Balaban J connectivity index is 2.06. The Kier molecular flexibility index (Phi) is 4.38. The van der Waals surface area contributed by atoms with Gasteiger partial charge in [-0.25, -0.2) is 27.8 Å². The highest BCUT2D eigenvalue weighted by Crippen LogP contribution is 2.32. The largest absolute Gasteiger partial charge is 0.295 e. The lowest BCUT2D eigenvalue weighted by Gasteiger charge is -2.07. The highest BCUT2D eigenvalue weighted by Gasteiger charge is 2.21. The van der Waals surface area contributed by atoms with Crippen LogP contribution in [-0.4, -0.2) is 39.0 Å². The number of halogens is 1. The van der Waals surface area contributed by atoms with Crippen LogP contribution < -0.4 is 0 Å². The second-order valence-electron chi connectivity index (χ2n) is 6.23. The van der Waals surface area contributed by atoms with Crippen LogP contribution in [0.3, 0.4) is 0 Å². The van der Waals surface area contributed by atoms with E-state index in [4.69, 9.17) is 4.98 Å². The Morgan fingerprint density at radius 1 is 1.04 bits per heavy atom. The first-order valence-electron chi connectivity index (χ1n) is 8.54. The fourth-order valence-corrected chi connectivity index (χ4v) is 3.50. The molecule has 0 atom stereocenters. The summed E-state index contributed by atoms with van der Waals surface area (Å²) in [6, 6.07) is 7.57. The van der Waals surface area contributed by atoms with Gasteiger partial charge in [0.2, 0.25) is 15.0 Å². The third-order valence-electron chi connectivity index (χ3n) is 4.28. The van der Waals surface area contributed by atoms with Crippen molar-refractivity contribution in [3.05, 3.63) is 60.4 Å². The molecule has 0 aliphatic carbocycles. The Morgan fingerprint density at radius 2 is 1.79 bits per heavy atom. The summed E-state index contributed by atoms with van der Waals surface area (Å²) in [4.78, 5) is 17.2. The van der Waals surface area contributed by atoms with Gasteiger partial charge in [-0.05, 0) is 36.8 Å². The minimum absolute atomic E-state index is 0.269. The topological polar surface area (TPSA) is 90.1 Å². The molecule has 0 amide bonds. The van der Waals surface area contributed by atoms with Gasteiger partial charge in [0, 0.05) is 30.4 Å². The van der Waals surface area contributed by atoms with Gasteiger partial charge in [0.25, 0.3) is 0 Å². The minimum atomic E-state index is -3.58.